The van der Waals surface area contributed by atoms with E-state index in [1.165, 1.54) is 20.0 Å². The lowest BCUT2D eigenvalue weighted by Gasteiger charge is -2.38. The first kappa shape index (κ1) is 18.6. The van der Waals surface area contributed by atoms with Crippen LogP contribution in [0.4, 0.5) is 0 Å². The summed E-state index contributed by atoms with van der Waals surface area (Å²) in [5.74, 6) is -0.335. The number of benzene rings is 1. The molecule has 2 aliphatic heterocycles. The van der Waals surface area contributed by atoms with E-state index in [0.717, 1.165) is 17.8 Å². The predicted octanol–water partition coefficient (Wildman–Crippen LogP) is 2.06. The molecule has 3 aliphatic rings. The first-order valence-corrected chi connectivity index (χ1v) is 10.4. The summed E-state index contributed by atoms with van der Waals surface area (Å²) in [7, 11) is 1.40. The summed E-state index contributed by atoms with van der Waals surface area (Å²) in [6.07, 6.45) is 2.42. The number of carbonyl (C=O) groups is 1. The fraction of sp³-hybridized carbons (Fsp3) is 0.478. The van der Waals surface area contributed by atoms with Gasteiger partial charge in [-0.05, 0) is 36.5 Å². The van der Waals surface area contributed by atoms with Crippen LogP contribution in [0, 0.1) is 17.8 Å². The van der Waals surface area contributed by atoms with Gasteiger partial charge in [0.1, 0.15) is 0 Å². The van der Waals surface area contributed by atoms with Gasteiger partial charge in [-0.1, -0.05) is 30.3 Å². The first-order chi connectivity index (χ1) is 14.1. The Kier molecular flexibility index (Phi) is 4.56. The quantitative estimate of drug-likeness (QED) is 0.786. The number of esters is 1. The topological polar surface area (TPSA) is 71.8 Å². The van der Waals surface area contributed by atoms with Crippen molar-refractivity contribution in [3.63, 3.8) is 0 Å². The molecule has 6 heteroatoms. The van der Waals surface area contributed by atoms with E-state index in [9.17, 15) is 14.7 Å². The zero-order valence-electron chi connectivity index (χ0n) is 16.5. The van der Waals surface area contributed by atoms with Gasteiger partial charge >= 0.3 is 5.97 Å². The monoisotopic (exact) mass is 394 g/mol. The van der Waals surface area contributed by atoms with Gasteiger partial charge in [-0.25, -0.2) is 0 Å². The summed E-state index contributed by atoms with van der Waals surface area (Å²) < 4.78 is 6.94. The predicted molar refractivity (Wildman–Crippen MR) is 108 cm³/mol. The zero-order valence-corrected chi connectivity index (χ0v) is 16.5. The van der Waals surface area contributed by atoms with Gasteiger partial charge in [-0.15, -0.1) is 0 Å². The highest BCUT2D eigenvalue weighted by Crippen LogP contribution is 2.50. The van der Waals surface area contributed by atoms with Gasteiger partial charge in [-0.3, -0.25) is 14.5 Å². The smallest absolute Gasteiger partial charge is 0.311 e. The minimum absolute atomic E-state index is 0.0306. The van der Waals surface area contributed by atoms with Crippen LogP contribution < -0.4 is 5.56 Å². The molecule has 1 aromatic heterocycles. The van der Waals surface area contributed by atoms with Crippen LogP contribution in [0.25, 0.3) is 11.1 Å². The van der Waals surface area contributed by atoms with Crippen molar-refractivity contribution < 1.29 is 14.6 Å². The van der Waals surface area contributed by atoms with Crippen molar-refractivity contribution >= 4 is 5.97 Å². The molecule has 29 heavy (non-hydrogen) atoms. The Balaban J connectivity index is 1.63. The third-order valence-corrected chi connectivity index (χ3v) is 6.89. The number of rotatable bonds is 5. The molecule has 1 aromatic carbocycles. The number of aliphatic hydroxyl groups excluding tert-OH is 1. The number of carbonyl (C=O) groups excluding carboxylic acids is 1. The summed E-state index contributed by atoms with van der Waals surface area (Å²) in [6.45, 7) is 1.32. The number of ether oxygens (including phenoxy) is 1. The standard InChI is InChI=1S/C23H26N2O4/c1-29-23(28)20-17(13-26)19-12-25-18(21(20)24(19)11-14-7-8-14)10-9-16(22(25)27)15-5-3-2-4-6-15/h2-6,9-10,14,17,19-21,26H,7-8,11-13H2,1H3/t17-,19-,20+,21+/m0/s1. The van der Waals surface area contributed by atoms with Crippen LogP contribution in [0.3, 0.4) is 0 Å². The third kappa shape index (κ3) is 2.93. The Morgan fingerprint density at radius 1 is 1.17 bits per heavy atom. The fourth-order valence-electron chi connectivity index (χ4n) is 5.31. The summed E-state index contributed by atoms with van der Waals surface area (Å²) in [6, 6.07) is 13.3. The second kappa shape index (κ2) is 7.11. The van der Waals surface area contributed by atoms with E-state index >= 15 is 0 Å². The maximum absolute atomic E-state index is 13.4. The molecule has 2 aromatic rings. The maximum atomic E-state index is 13.4. The Bertz CT molecular complexity index is 982. The van der Waals surface area contributed by atoms with Crippen LogP contribution in [-0.4, -0.2) is 46.8 Å². The van der Waals surface area contributed by atoms with Crippen LogP contribution in [0.5, 0.6) is 0 Å². The highest BCUT2D eigenvalue weighted by atomic mass is 16.5. The molecule has 4 atom stereocenters. The Morgan fingerprint density at radius 2 is 1.93 bits per heavy atom. The van der Waals surface area contributed by atoms with Crippen LogP contribution in [-0.2, 0) is 16.1 Å². The van der Waals surface area contributed by atoms with Crippen molar-refractivity contribution in [3.8, 4) is 11.1 Å². The van der Waals surface area contributed by atoms with Gasteiger partial charge in [0, 0.05) is 42.9 Å². The molecule has 0 spiro atoms. The molecule has 0 radical (unpaired) electrons. The van der Waals surface area contributed by atoms with E-state index in [4.69, 9.17) is 4.74 Å². The normalized spacial score (nSPS) is 28.2. The lowest BCUT2D eigenvalue weighted by atomic mass is 9.87. The van der Waals surface area contributed by atoms with Crippen LogP contribution in [0.2, 0.25) is 0 Å². The average Bonchev–Trinajstić information content (AvgIpc) is 3.53. The summed E-state index contributed by atoms with van der Waals surface area (Å²) in [5, 5.41) is 10.2. The van der Waals surface area contributed by atoms with Crippen LogP contribution in [0.1, 0.15) is 24.6 Å². The molecule has 1 N–H and O–H groups in total. The van der Waals surface area contributed by atoms with Crippen molar-refractivity contribution in [3.05, 3.63) is 58.5 Å². The maximum Gasteiger partial charge on any atom is 0.311 e. The zero-order chi connectivity index (χ0) is 20.1. The molecule has 1 saturated carbocycles. The van der Waals surface area contributed by atoms with E-state index in [1.54, 1.807) is 0 Å². The van der Waals surface area contributed by atoms with E-state index in [1.807, 2.05) is 47.0 Å². The number of hydrogen-bond donors (Lipinski definition) is 1. The van der Waals surface area contributed by atoms with Gasteiger partial charge < -0.3 is 14.4 Å². The van der Waals surface area contributed by atoms with Crippen molar-refractivity contribution in [2.75, 3.05) is 20.3 Å². The lowest BCUT2D eigenvalue weighted by Crippen LogP contribution is -2.47. The van der Waals surface area contributed by atoms with Gasteiger partial charge in [-0.2, -0.15) is 0 Å². The molecule has 6 nitrogen and oxygen atoms in total. The molecular formula is C23H26N2O4. The van der Waals surface area contributed by atoms with Crippen molar-refractivity contribution in [1.82, 2.24) is 9.47 Å². The summed E-state index contributed by atoms with van der Waals surface area (Å²) in [5.41, 5.74) is 2.39. The van der Waals surface area contributed by atoms with Crippen LogP contribution >= 0.6 is 0 Å². The second-order valence-electron chi connectivity index (χ2n) is 8.50. The molecule has 1 aliphatic carbocycles. The van der Waals surface area contributed by atoms with Gasteiger partial charge in [0.2, 0.25) is 0 Å². The minimum atomic E-state index is -0.454. The molecule has 5 rings (SSSR count). The number of fused-ring (bicyclic) bond motifs is 4. The number of pyridine rings is 1. The molecule has 3 heterocycles. The highest BCUT2D eigenvalue weighted by molar-refractivity contribution is 5.75. The fourth-order valence-corrected chi connectivity index (χ4v) is 5.31. The third-order valence-electron chi connectivity index (χ3n) is 6.89. The summed E-state index contributed by atoms with van der Waals surface area (Å²) in [4.78, 5) is 28.4. The van der Waals surface area contributed by atoms with Gasteiger partial charge in [0.05, 0.1) is 19.1 Å². The second-order valence-corrected chi connectivity index (χ2v) is 8.50. The Morgan fingerprint density at radius 3 is 2.59 bits per heavy atom. The molecule has 2 fully saturated rings. The van der Waals surface area contributed by atoms with Crippen LogP contribution in [0.15, 0.2) is 47.3 Å². The van der Waals surface area contributed by atoms with Crippen molar-refractivity contribution in [1.29, 1.82) is 0 Å². The molecule has 0 unspecified atom stereocenters. The Labute approximate surface area is 169 Å². The largest absolute Gasteiger partial charge is 0.469 e. The molecule has 0 amide bonds. The lowest BCUT2D eigenvalue weighted by molar-refractivity contribution is -0.148. The molecule has 152 valence electrons. The first-order valence-electron chi connectivity index (χ1n) is 10.4. The number of methoxy groups -OCH3 is 1. The van der Waals surface area contributed by atoms with E-state index < -0.39 is 5.92 Å². The average molecular weight is 394 g/mol. The van der Waals surface area contributed by atoms with Crippen molar-refractivity contribution in [2.24, 2.45) is 17.8 Å². The highest BCUT2D eigenvalue weighted by Gasteiger charge is 2.56. The van der Waals surface area contributed by atoms with Crippen molar-refractivity contribution in [2.45, 2.75) is 31.5 Å². The molecule has 2 bridgehead atoms. The summed E-state index contributed by atoms with van der Waals surface area (Å²) >= 11 is 0. The molecular weight excluding hydrogens is 368 g/mol. The van der Waals surface area contributed by atoms with E-state index in [2.05, 4.69) is 4.90 Å². The van der Waals surface area contributed by atoms with E-state index in [-0.39, 0.29) is 36.1 Å². The number of hydrogen-bond acceptors (Lipinski definition) is 5. The SMILES string of the molecule is COC(=O)[C@@H]1[C@@H](CO)[C@@H]2Cn3c(ccc(-c4ccccc4)c3=O)[C@H]1N2CC1CC1. The van der Waals surface area contributed by atoms with Gasteiger partial charge in [0.25, 0.3) is 5.56 Å². The minimum Gasteiger partial charge on any atom is -0.469 e. The van der Waals surface area contributed by atoms with Gasteiger partial charge in [0.15, 0.2) is 0 Å². The van der Waals surface area contributed by atoms with E-state index in [0.29, 0.717) is 18.0 Å². The molecule has 1 saturated heterocycles. The number of aliphatic hydroxyl groups is 1. The Hall–Kier alpha value is -2.44. The number of aromatic nitrogens is 1. The number of nitrogens with zero attached hydrogens (tertiary/aromatic N) is 2.